The van der Waals surface area contributed by atoms with Crippen molar-refractivity contribution in [1.82, 2.24) is 0 Å². The van der Waals surface area contributed by atoms with Gasteiger partial charge in [-0.05, 0) is 67.6 Å². The molecular weight excluding hydrogens is 376 g/mol. The molecular formula is C17H17Cl4NO. The molecule has 6 heteroatoms. The number of alkyl halides is 2. The maximum Gasteiger partial charge on any atom is 0.228 e. The third-order valence-corrected chi connectivity index (χ3v) is 7.67. The second kappa shape index (κ2) is 5.69. The topological polar surface area (TPSA) is 29.1 Å². The van der Waals surface area contributed by atoms with E-state index in [2.05, 4.69) is 5.32 Å². The van der Waals surface area contributed by atoms with Crippen molar-refractivity contribution < 1.29 is 4.79 Å². The second-order valence-corrected chi connectivity index (χ2v) is 9.27. The molecule has 1 amide bonds. The summed E-state index contributed by atoms with van der Waals surface area (Å²) in [6.07, 6.45) is 4.17. The number of carbonyl (C=O) groups excluding carboxylic acids is 1. The van der Waals surface area contributed by atoms with Crippen molar-refractivity contribution in [2.75, 3.05) is 5.32 Å². The normalized spacial score (nSPS) is 37.0. The van der Waals surface area contributed by atoms with Crippen molar-refractivity contribution in [2.24, 2.45) is 29.6 Å². The van der Waals surface area contributed by atoms with Crippen molar-refractivity contribution >= 4 is 58.0 Å². The van der Waals surface area contributed by atoms with Gasteiger partial charge in [-0.3, -0.25) is 4.79 Å². The number of carbonyl (C=O) groups is 1. The van der Waals surface area contributed by atoms with Crippen molar-refractivity contribution in [3.05, 3.63) is 28.2 Å². The number of amides is 1. The Morgan fingerprint density at radius 3 is 2.17 bits per heavy atom. The summed E-state index contributed by atoms with van der Waals surface area (Å²) in [7, 11) is 0. The number of benzene rings is 1. The molecule has 3 fully saturated rings. The van der Waals surface area contributed by atoms with Gasteiger partial charge in [-0.15, -0.1) is 23.2 Å². The summed E-state index contributed by atoms with van der Waals surface area (Å²) in [5.41, 5.74) is 0.701. The van der Waals surface area contributed by atoms with Crippen LogP contribution in [0.25, 0.3) is 0 Å². The number of hydrogen-bond donors (Lipinski definition) is 1. The first kappa shape index (κ1) is 16.3. The monoisotopic (exact) mass is 391 g/mol. The van der Waals surface area contributed by atoms with Crippen LogP contribution in [0.1, 0.15) is 25.7 Å². The molecule has 1 aromatic carbocycles. The van der Waals surface area contributed by atoms with Crippen LogP contribution in [0.3, 0.4) is 0 Å². The van der Waals surface area contributed by atoms with Crippen LogP contribution < -0.4 is 5.32 Å². The van der Waals surface area contributed by atoms with Gasteiger partial charge in [0.1, 0.15) is 4.33 Å². The maximum atomic E-state index is 12.5. The van der Waals surface area contributed by atoms with E-state index < -0.39 is 4.33 Å². The van der Waals surface area contributed by atoms with Gasteiger partial charge in [0.05, 0.1) is 10.0 Å². The summed E-state index contributed by atoms with van der Waals surface area (Å²) < 4.78 is -0.505. The molecule has 3 aliphatic carbocycles. The van der Waals surface area contributed by atoms with Gasteiger partial charge in [0.25, 0.3) is 0 Å². The smallest absolute Gasteiger partial charge is 0.228 e. The zero-order chi connectivity index (χ0) is 16.4. The Hall–Kier alpha value is -0.150. The summed E-state index contributed by atoms with van der Waals surface area (Å²) in [5, 5.41) is 3.91. The van der Waals surface area contributed by atoms with Gasteiger partial charge in [0.15, 0.2) is 0 Å². The molecule has 0 bridgehead atoms. The minimum absolute atomic E-state index is 0.0944. The lowest BCUT2D eigenvalue weighted by atomic mass is 10.0. The molecule has 124 valence electrons. The fraction of sp³-hybridized carbons (Fsp3) is 0.588. The fourth-order valence-corrected chi connectivity index (χ4v) is 5.63. The number of halogens is 4. The number of fused-ring (bicyclic) bond motifs is 2. The molecule has 0 aromatic heterocycles. The molecule has 0 spiro atoms. The SMILES string of the molecule is O=C(Nc1ccc(Cl)c(Cl)c1)C1[C@H]2CC[C@@H]3[C@@H](CC[C@@H]12)C3(Cl)Cl. The molecule has 1 N–H and O–H groups in total. The van der Waals surface area contributed by atoms with E-state index in [1.807, 2.05) is 0 Å². The molecule has 0 radical (unpaired) electrons. The molecule has 1 unspecified atom stereocenters. The Balaban J connectivity index is 1.38. The molecule has 0 heterocycles. The zero-order valence-corrected chi connectivity index (χ0v) is 15.4. The summed E-state index contributed by atoms with van der Waals surface area (Å²) >= 11 is 24.5. The Morgan fingerprint density at radius 1 is 1.00 bits per heavy atom. The second-order valence-electron chi connectivity index (χ2n) is 7.01. The predicted octanol–water partition coefficient (Wildman–Crippen LogP) is 5.79. The molecule has 5 atom stereocenters. The minimum Gasteiger partial charge on any atom is -0.326 e. The highest BCUT2D eigenvalue weighted by molar-refractivity contribution is 6.51. The maximum absolute atomic E-state index is 12.5. The van der Waals surface area contributed by atoms with Crippen LogP contribution in [0.15, 0.2) is 18.2 Å². The number of hydrogen-bond acceptors (Lipinski definition) is 1. The number of nitrogens with one attached hydrogen (secondary N) is 1. The van der Waals surface area contributed by atoms with Gasteiger partial charge in [-0.1, -0.05) is 23.2 Å². The highest BCUT2D eigenvalue weighted by atomic mass is 35.5. The minimum atomic E-state index is -0.505. The van der Waals surface area contributed by atoms with Crippen LogP contribution in [-0.4, -0.2) is 10.2 Å². The van der Waals surface area contributed by atoms with Crippen LogP contribution >= 0.6 is 46.4 Å². The molecule has 23 heavy (non-hydrogen) atoms. The van der Waals surface area contributed by atoms with E-state index in [1.165, 1.54) is 0 Å². The predicted molar refractivity (Wildman–Crippen MR) is 95.4 cm³/mol. The molecule has 4 rings (SSSR count). The fourth-order valence-electron chi connectivity index (χ4n) is 4.41. The molecule has 2 nitrogen and oxygen atoms in total. The van der Waals surface area contributed by atoms with Gasteiger partial charge in [0.2, 0.25) is 5.91 Å². The van der Waals surface area contributed by atoms with E-state index in [-0.39, 0.29) is 11.8 Å². The number of rotatable bonds is 2. The van der Waals surface area contributed by atoms with Crippen molar-refractivity contribution in [2.45, 2.75) is 30.0 Å². The first-order chi connectivity index (χ1) is 10.9. The van der Waals surface area contributed by atoms with Gasteiger partial charge < -0.3 is 5.32 Å². The molecule has 0 saturated heterocycles. The lowest BCUT2D eigenvalue weighted by molar-refractivity contribution is -0.117. The van der Waals surface area contributed by atoms with Crippen LogP contribution in [0.2, 0.25) is 10.0 Å². The van der Waals surface area contributed by atoms with Crippen LogP contribution in [0, 0.1) is 29.6 Å². The Morgan fingerprint density at radius 2 is 1.61 bits per heavy atom. The van der Waals surface area contributed by atoms with E-state index in [0.717, 1.165) is 25.7 Å². The van der Waals surface area contributed by atoms with Crippen LogP contribution in [-0.2, 0) is 4.79 Å². The van der Waals surface area contributed by atoms with Crippen molar-refractivity contribution in [3.63, 3.8) is 0 Å². The largest absolute Gasteiger partial charge is 0.326 e. The quantitative estimate of drug-likeness (QED) is 0.634. The van der Waals surface area contributed by atoms with E-state index in [1.54, 1.807) is 18.2 Å². The van der Waals surface area contributed by atoms with Gasteiger partial charge in [-0.25, -0.2) is 0 Å². The summed E-state index contributed by atoms with van der Waals surface area (Å²) in [6, 6.07) is 5.17. The summed E-state index contributed by atoms with van der Waals surface area (Å²) in [4.78, 5) is 12.5. The third-order valence-electron chi connectivity index (χ3n) is 5.81. The molecule has 0 aliphatic heterocycles. The Kier molecular flexibility index (Phi) is 4.04. The number of anilines is 1. The third kappa shape index (κ3) is 2.86. The van der Waals surface area contributed by atoms with Gasteiger partial charge >= 0.3 is 0 Å². The highest BCUT2D eigenvalue weighted by Gasteiger charge is 2.65. The summed E-state index contributed by atoms with van der Waals surface area (Å²) in [6.45, 7) is 0. The molecule has 3 saturated carbocycles. The van der Waals surface area contributed by atoms with E-state index >= 15 is 0 Å². The molecule has 3 aliphatic rings. The van der Waals surface area contributed by atoms with Crippen molar-refractivity contribution in [1.29, 1.82) is 0 Å². The van der Waals surface area contributed by atoms with Gasteiger partial charge in [0, 0.05) is 11.6 Å². The average molecular weight is 393 g/mol. The lowest BCUT2D eigenvalue weighted by Gasteiger charge is -2.06. The van der Waals surface area contributed by atoms with Crippen LogP contribution in [0.5, 0.6) is 0 Å². The average Bonchev–Trinajstić information content (AvgIpc) is 3.27. The molecule has 1 aromatic rings. The Bertz CT molecular complexity index is 640. The first-order valence-electron chi connectivity index (χ1n) is 8.03. The van der Waals surface area contributed by atoms with E-state index in [9.17, 15) is 4.79 Å². The zero-order valence-electron chi connectivity index (χ0n) is 12.4. The standard InChI is InChI=1S/C17H17Cl4NO/c18-13-6-1-8(7-14(13)19)22-16(23)15-9-2-4-11-12(17(11,20)21)5-3-10(9)15/h1,6-7,9-12,15H,2-5H2,(H,22,23)/t9-,10+,11-,12-,15?/m1/s1. The van der Waals surface area contributed by atoms with Gasteiger partial charge in [-0.2, -0.15) is 0 Å². The summed E-state index contributed by atoms with van der Waals surface area (Å²) in [5.74, 6) is 2.00. The van der Waals surface area contributed by atoms with E-state index in [4.69, 9.17) is 46.4 Å². The highest BCUT2D eigenvalue weighted by Crippen LogP contribution is 2.67. The van der Waals surface area contributed by atoms with Crippen molar-refractivity contribution in [3.8, 4) is 0 Å². The van der Waals surface area contributed by atoms with E-state index in [0.29, 0.717) is 39.4 Å². The lowest BCUT2D eigenvalue weighted by Crippen LogP contribution is -2.15. The van der Waals surface area contributed by atoms with Crippen LogP contribution in [0.4, 0.5) is 5.69 Å². The first-order valence-corrected chi connectivity index (χ1v) is 9.54. The Labute approximate surface area is 155 Å².